The van der Waals surface area contributed by atoms with Gasteiger partial charge in [0.05, 0.1) is 11.6 Å². The molecule has 0 aliphatic heterocycles. The third-order valence-corrected chi connectivity index (χ3v) is 4.23. The smallest absolute Gasteiger partial charge is 0.310 e. The van der Waals surface area contributed by atoms with Crippen LogP contribution in [0.2, 0.25) is 0 Å². The van der Waals surface area contributed by atoms with Crippen molar-refractivity contribution < 1.29 is 9.90 Å². The molecule has 1 saturated carbocycles. The van der Waals surface area contributed by atoms with Crippen LogP contribution in [0.1, 0.15) is 44.3 Å². The number of fused-ring (bicyclic) bond motifs is 1. The Kier molecular flexibility index (Phi) is 3.38. The molecule has 106 valence electrons. The molecule has 0 amide bonds. The minimum Gasteiger partial charge on any atom is -0.481 e. The molecule has 0 spiro atoms. The van der Waals surface area contributed by atoms with E-state index in [2.05, 4.69) is 19.9 Å². The van der Waals surface area contributed by atoms with Crippen LogP contribution in [0.25, 0.3) is 11.2 Å². The number of aromatic nitrogens is 4. The molecule has 1 aliphatic carbocycles. The van der Waals surface area contributed by atoms with E-state index >= 15 is 0 Å². The second-order valence-corrected chi connectivity index (χ2v) is 5.62. The highest BCUT2D eigenvalue weighted by Crippen LogP contribution is 2.38. The van der Waals surface area contributed by atoms with E-state index in [-0.39, 0.29) is 0 Å². The molecule has 1 fully saturated rings. The highest BCUT2D eigenvalue weighted by atomic mass is 16.4. The van der Waals surface area contributed by atoms with Crippen molar-refractivity contribution in [2.75, 3.05) is 0 Å². The maximum atomic E-state index is 11.8. The molecule has 0 atom stereocenters. The van der Waals surface area contributed by atoms with E-state index in [1.54, 1.807) is 6.20 Å². The summed E-state index contributed by atoms with van der Waals surface area (Å²) in [5.74, 6) is -0.00394. The van der Waals surface area contributed by atoms with Crippen molar-refractivity contribution in [3.8, 4) is 0 Å². The number of aromatic amines is 1. The van der Waals surface area contributed by atoms with Gasteiger partial charge < -0.3 is 10.1 Å². The molecular formula is C14H18N4O2. The molecule has 0 radical (unpaired) electrons. The van der Waals surface area contributed by atoms with Gasteiger partial charge in [0.15, 0.2) is 5.65 Å². The number of carboxylic acid groups (broad SMARTS) is 1. The normalized spacial score (nSPS) is 18.8. The van der Waals surface area contributed by atoms with Crippen LogP contribution in [0.15, 0.2) is 12.5 Å². The van der Waals surface area contributed by atoms with Crippen molar-refractivity contribution in [2.24, 2.45) is 5.41 Å². The molecule has 0 aromatic carbocycles. The summed E-state index contributed by atoms with van der Waals surface area (Å²) in [6, 6.07) is 0. The SMILES string of the molecule is O=C(O)C1(Cc2nc3ncncc3[nH]2)CCCCCC1. The van der Waals surface area contributed by atoms with Gasteiger partial charge in [-0.1, -0.05) is 25.7 Å². The number of aliphatic carboxylic acids is 1. The second kappa shape index (κ2) is 5.19. The summed E-state index contributed by atoms with van der Waals surface area (Å²) in [5, 5.41) is 9.68. The molecule has 2 N–H and O–H groups in total. The van der Waals surface area contributed by atoms with Crippen LogP contribution < -0.4 is 0 Å². The minimum atomic E-state index is -0.703. The predicted octanol–water partition coefficient (Wildman–Crippen LogP) is 2.32. The van der Waals surface area contributed by atoms with E-state index in [1.165, 1.54) is 6.33 Å². The van der Waals surface area contributed by atoms with E-state index in [0.29, 0.717) is 17.9 Å². The first-order valence-corrected chi connectivity index (χ1v) is 7.08. The fraction of sp³-hybridized carbons (Fsp3) is 0.571. The lowest BCUT2D eigenvalue weighted by atomic mass is 9.77. The van der Waals surface area contributed by atoms with Gasteiger partial charge in [0, 0.05) is 6.42 Å². The predicted molar refractivity (Wildman–Crippen MR) is 73.2 cm³/mol. The van der Waals surface area contributed by atoms with E-state index in [0.717, 1.165) is 44.0 Å². The summed E-state index contributed by atoms with van der Waals surface area (Å²) >= 11 is 0. The zero-order chi connectivity index (χ0) is 14.0. The lowest BCUT2D eigenvalue weighted by Crippen LogP contribution is -2.33. The number of H-pyrrole nitrogens is 1. The van der Waals surface area contributed by atoms with E-state index < -0.39 is 11.4 Å². The average molecular weight is 274 g/mol. The van der Waals surface area contributed by atoms with Crippen LogP contribution in [0, 0.1) is 5.41 Å². The third kappa shape index (κ3) is 2.37. The minimum absolute atomic E-state index is 0.443. The van der Waals surface area contributed by atoms with Gasteiger partial charge >= 0.3 is 5.97 Å². The number of nitrogens with zero attached hydrogens (tertiary/aromatic N) is 3. The van der Waals surface area contributed by atoms with Crippen LogP contribution in [-0.2, 0) is 11.2 Å². The van der Waals surface area contributed by atoms with Gasteiger partial charge in [-0.2, -0.15) is 0 Å². The van der Waals surface area contributed by atoms with E-state index in [1.807, 2.05) is 0 Å². The van der Waals surface area contributed by atoms with Crippen molar-refractivity contribution in [1.29, 1.82) is 0 Å². The van der Waals surface area contributed by atoms with Gasteiger partial charge in [0.1, 0.15) is 17.7 Å². The van der Waals surface area contributed by atoms with Crippen molar-refractivity contribution in [2.45, 2.75) is 44.9 Å². The standard InChI is InChI=1S/C14H18N4O2/c19-13(20)14(5-3-1-2-4-6-14)7-11-17-10-8-15-9-16-12(10)18-11/h8-9H,1-7H2,(H,19,20)(H,15,16,17,18). The van der Waals surface area contributed by atoms with E-state index in [9.17, 15) is 9.90 Å². The maximum Gasteiger partial charge on any atom is 0.310 e. The lowest BCUT2D eigenvalue weighted by Gasteiger charge is -2.26. The van der Waals surface area contributed by atoms with Crippen molar-refractivity contribution in [1.82, 2.24) is 19.9 Å². The second-order valence-electron chi connectivity index (χ2n) is 5.62. The number of hydrogen-bond donors (Lipinski definition) is 2. The first kappa shape index (κ1) is 13.0. The molecule has 2 aromatic heterocycles. The van der Waals surface area contributed by atoms with Gasteiger partial charge in [0.25, 0.3) is 0 Å². The highest BCUT2D eigenvalue weighted by molar-refractivity contribution is 5.75. The van der Waals surface area contributed by atoms with Crippen LogP contribution >= 0.6 is 0 Å². The van der Waals surface area contributed by atoms with Crippen molar-refractivity contribution >= 4 is 17.1 Å². The molecular weight excluding hydrogens is 256 g/mol. The molecule has 0 saturated heterocycles. The van der Waals surface area contributed by atoms with E-state index in [4.69, 9.17) is 0 Å². The van der Waals surface area contributed by atoms with Crippen molar-refractivity contribution in [3.63, 3.8) is 0 Å². The fourth-order valence-corrected chi connectivity index (χ4v) is 3.09. The Morgan fingerprint density at radius 2 is 2.05 bits per heavy atom. The molecule has 0 bridgehead atoms. The first-order valence-electron chi connectivity index (χ1n) is 7.08. The molecule has 2 heterocycles. The average Bonchev–Trinajstić information content (AvgIpc) is 2.67. The Balaban J connectivity index is 1.90. The third-order valence-electron chi connectivity index (χ3n) is 4.23. The number of carbonyl (C=O) groups is 1. The summed E-state index contributed by atoms with van der Waals surface area (Å²) < 4.78 is 0. The number of hydrogen-bond acceptors (Lipinski definition) is 4. The first-order chi connectivity index (χ1) is 9.70. The molecule has 2 aromatic rings. The number of rotatable bonds is 3. The zero-order valence-electron chi connectivity index (χ0n) is 11.3. The Bertz CT molecular complexity index is 581. The number of carboxylic acids is 1. The zero-order valence-corrected chi connectivity index (χ0v) is 11.3. The van der Waals surface area contributed by atoms with Gasteiger partial charge in [-0.15, -0.1) is 0 Å². The summed E-state index contributed by atoms with van der Waals surface area (Å²) in [6.07, 6.45) is 9.22. The molecule has 0 unspecified atom stereocenters. The van der Waals surface area contributed by atoms with Crippen LogP contribution in [0.5, 0.6) is 0 Å². The fourth-order valence-electron chi connectivity index (χ4n) is 3.09. The Labute approximate surface area is 116 Å². The topological polar surface area (TPSA) is 91.8 Å². The highest BCUT2D eigenvalue weighted by Gasteiger charge is 2.39. The Hall–Kier alpha value is -1.98. The largest absolute Gasteiger partial charge is 0.481 e. The van der Waals surface area contributed by atoms with Gasteiger partial charge in [-0.05, 0) is 12.8 Å². The quantitative estimate of drug-likeness (QED) is 0.838. The molecule has 3 rings (SSSR count). The maximum absolute atomic E-state index is 11.8. The van der Waals surface area contributed by atoms with Crippen molar-refractivity contribution in [3.05, 3.63) is 18.3 Å². The number of nitrogens with one attached hydrogen (secondary N) is 1. The molecule has 6 heteroatoms. The summed E-state index contributed by atoms with van der Waals surface area (Å²) in [7, 11) is 0. The van der Waals surface area contributed by atoms with Gasteiger partial charge in [0.2, 0.25) is 0 Å². The molecule has 6 nitrogen and oxygen atoms in total. The monoisotopic (exact) mass is 274 g/mol. The van der Waals surface area contributed by atoms with Gasteiger partial charge in [-0.3, -0.25) is 4.79 Å². The summed E-state index contributed by atoms with van der Waals surface area (Å²) in [6.45, 7) is 0. The van der Waals surface area contributed by atoms with Gasteiger partial charge in [-0.25, -0.2) is 15.0 Å². The molecule has 20 heavy (non-hydrogen) atoms. The Morgan fingerprint density at radius 3 is 2.70 bits per heavy atom. The van der Waals surface area contributed by atoms with Crippen LogP contribution in [0.4, 0.5) is 0 Å². The lowest BCUT2D eigenvalue weighted by molar-refractivity contribution is -0.150. The van der Waals surface area contributed by atoms with Crippen LogP contribution in [-0.4, -0.2) is 31.0 Å². The van der Waals surface area contributed by atoms with Crippen LogP contribution in [0.3, 0.4) is 0 Å². The molecule has 1 aliphatic rings. The Morgan fingerprint density at radius 1 is 1.30 bits per heavy atom. The summed E-state index contributed by atoms with van der Waals surface area (Å²) in [4.78, 5) is 27.3. The summed E-state index contributed by atoms with van der Waals surface area (Å²) in [5.41, 5.74) is 0.679. The number of imidazole rings is 1.